The molecule has 0 fully saturated rings. The van der Waals surface area contributed by atoms with Gasteiger partial charge in [0.1, 0.15) is 6.29 Å². The third-order valence-corrected chi connectivity index (χ3v) is 2.63. The van der Waals surface area contributed by atoms with E-state index in [1.165, 1.54) is 13.2 Å². The van der Waals surface area contributed by atoms with Crippen LogP contribution in [0.4, 0.5) is 0 Å². The van der Waals surface area contributed by atoms with Crippen LogP contribution >= 0.6 is 25.3 Å². The molecule has 0 aliphatic heterocycles. The molecule has 0 heterocycles. The maximum Gasteiger partial charge on any atom is 0.160 e. The maximum absolute atomic E-state index is 10.2. The molecule has 1 unspecified atom stereocenters. The molecule has 3 nitrogen and oxygen atoms in total. The van der Waals surface area contributed by atoms with Crippen molar-refractivity contribution in [3.8, 4) is 11.5 Å². The molecule has 1 aromatic carbocycles. The maximum atomic E-state index is 10.2. The minimum atomic E-state index is 0.0900. The fraction of sp³-hybridized carbons (Fsp3) is 0.462. The molecule has 1 atom stereocenters. The third-order valence-electron chi connectivity index (χ3n) is 2.11. The van der Waals surface area contributed by atoms with Gasteiger partial charge in [-0.3, -0.25) is 0 Å². The lowest BCUT2D eigenvalue weighted by Crippen LogP contribution is -1.89. The first-order valence-electron chi connectivity index (χ1n) is 5.63. The summed E-state index contributed by atoms with van der Waals surface area (Å²) in [6.45, 7) is 2.07. The molecule has 0 aliphatic rings. The molecular weight excluding hydrogens is 268 g/mol. The Morgan fingerprint density at radius 3 is 2.56 bits per heavy atom. The fourth-order valence-electron chi connectivity index (χ4n) is 1.13. The number of carbonyl (C=O) groups is 1. The summed E-state index contributed by atoms with van der Waals surface area (Å²) < 4.78 is 4.87. The predicted molar refractivity (Wildman–Crippen MR) is 81.3 cm³/mol. The van der Waals surface area contributed by atoms with Crippen LogP contribution in [0.2, 0.25) is 0 Å². The molecule has 1 rings (SSSR count). The van der Waals surface area contributed by atoms with Crippen molar-refractivity contribution in [3.05, 3.63) is 23.8 Å². The average Bonchev–Trinajstić information content (AvgIpc) is 2.32. The summed E-state index contributed by atoms with van der Waals surface area (Å²) in [5, 5.41) is 9.71. The second kappa shape index (κ2) is 10.1. The number of benzene rings is 1. The summed E-state index contributed by atoms with van der Waals surface area (Å²) in [6, 6.07) is 4.84. The molecule has 0 bridgehead atoms. The Hall–Kier alpha value is -0.810. The lowest BCUT2D eigenvalue weighted by Gasteiger charge is -2.03. The van der Waals surface area contributed by atoms with Crippen LogP contribution in [0.25, 0.3) is 0 Å². The fourth-order valence-corrected chi connectivity index (χ4v) is 1.85. The van der Waals surface area contributed by atoms with E-state index in [0.29, 0.717) is 17.4 Å². The standard InChI is InChI=1S/C9H10O3.C4H10S2/c1-12-9-6-7(4-5-10)2-3-8(9)11;1-4(6)2-3-5/h2-3,5-6,11H,4H2,1H3;4-6H,2-3H2,1H3. The summed E-state index contributed by atoms with van der Waals surface area (Å²) in [5.41, 5.74) is 0.833. The van der Waals surface area contributed by atoms with Gasteiger partial charge in [0.25, 0.3) is 0 Å². The Morgan fingerprint density at radius 2 is 2.17 bits per heavy atom. The number of methoxy groups -OCH3 is 1. The van der Waals surface area contributed by atoms with Gasteiger partial charge in [0.2, 0.25) is 0 Å². The van der Waals surface area contributed by atoms with Crippen molar-refractivity contribution in [2.45, 2.75) is 25.0 Å². The van der Waals surface area contributed by atoms with Crippen molar-refractivity contribution in [2.24, 2.45) is 0 Å². The van der Waals surface area contributed by atoms with Gasteiger partial charge in [-0.1, -0.05) is 13.0 Å². The van der Waals surface area contributed by atoms with Crippen molar-refractivity contribution >= 4 is 31.5 Å². The molecule has 0 aromatic heterocycles. The molecule has 5 heteroatoms. The molecule has 0 aliphatic carbocycles. The van der Waals surface area contributed by atoms with E-state index in [1.807, 2.05) is 0 Å². The highest BCUT2D eigenvalue weighted by atomic mass is 32.1. The Morgan fingerprint density at radius 1 is 1.50 bits per heavy atom. The Bertz CT molecular complexity index is 354. The highest BCUT2D eigenvalue weighted by Gasteiger charge is 2.01. The van der Waals surface area contributed by atoms with Crippen LogP contribution in [0.5, 0.6) is 11.5 Å². The van der Waals surface area contributed by atoms with Gasteiger partial charge in [0.15, 0.2) is 11.5 Å². The number of aldehydes is 1. The number of phenolic OH excluding ortho intramolecular Hbond substituents is 1. The Labute approximate surface area is 119 Å². The molecular formula is C13H20O3S2. The summed E-state index contributed by atoms with van der Waals surface area (Å²) >= 11 is 8.14. The van der Waals surface area contributed by atoms with E-state index in [1.54, 1.807) is 12.1 Å². The van der Waals surface area contributed by atoms with E-state index in [4.69, 9.17) is 4.74 Å². The minimum Gasteiger partial charge on any atom is -0.504 e. The van der Waals surface area contributed by atoms with Crippen molar-refractivity contribution in [1.82, 2.24) is 0 Å². The van der Waals surface area contributed by atoms with E-state index in [0.717, 1.165) is 24.0 Å². The summed E-state index contributed by atoms with van der Waals surface area (Å²) in [5.74, 6) is 1.44. The third kappa shape index (κ3) is 7.50. The highest BCUT2D eigenvalue weighted by molar-refractivity contribution is 7.81. The van der Waals surface area contributed by atoms with Gasteiger partial charge >= 0.3 is 0 Å². The van der Waals surface area contributed by atoms with Gasteiger partial charge in [0, 0.05) is 6.42 Å². The van der Waals surface area contributed by atoms with Crippen molar-refractivity contribution in [1.29, 1.82) is 0 Å². The van der Waals surface area contributed by atoms with Gasteiger partial charge in [-0.2, -0.15) is 25.3 Å². The van der Waals surface area contributed by atoms with Crippen LogP contribution in [-0.4, -0.2) is 29.5 Å². The first-order valence-corrected chi connectivity index (χ1v) is 6.78. The van der Waals surface area contributed by atoms with Crippen LogP contribution in [-0.2, 0) is 11.2 Å². The number of phenols is 1. The first-order chi connectivity index (χ1) is 8.54. The Balaban J connectivity index is 0.000000411. The summed E-state index contributed by atoms with van der Waals surface area (Å²) in [6.07, 6.45) is 2.26. The molecule has 18 heavy (non-hydrogen) atoms. The van der Waals surface area contributed by atoms with E-state index < -0.39 is 0 Å². The lowest BCUT2D eigenvalue weighted by atomic mass is 10.1. The van der Waals surface area contributed by atoms with Crippen molar-refractivity contribution in [2.75, 3.05) is 12.9 Å². The molecule has 0 saturated heterocycles. The second-order valence-electron chi connectivity index (χ2n) is 3.74. The molecule has 0 spiro atoms. The zero-order valence-corrected chi connectivity index (χ0v) is 12.5. The average molecular weight is 288 g/mol. The molecule has 0 radical (unpaired) electrons. The first kappa shape index (κ1) is 17.2. The van der Waals surface area contributed by atoms with Gasteiger partial charge < -0.3 is 14.6 Å². The van der Waals surface area contributed by atoms with E-state index in [9.17, 15) is 9.90 Å². The van der Waals surface area contributed by atoms with Crippen molar-refractivity contribution < 1.29 is 14.6 Å². The molecule has 102 valence electrons. The van der Waals surface area contributed by atoms with E-state index >= 15 is 0 Å². The highest BCUT2D eigenvalue weighted by Crippen LogP contribution is 2.25. The number of ether oxygens (including phenoxy) is 1. The van der Waals surface area contributed by atoms with Gasteiger partial charge in [-0.15, -0.1) is 0 Å². The summed E-state index contributed by atoms with van der Waals surface area (Å²) in [7, 11) is 1.47. The van der Waals surface area contributed by atoms with E-state index in [2.05, 4.69) is 32.2 Å². The number of thiol groups is 2. The number of rotatable bonds is 5. The predicted octanol–water partition coefficient (Wildman–Crippen LogP) is 2.77. The zero-order valence-electron chi connectivity index (χ0n) is 10.7. The number of hydrogen-bond donors (Lipinski definition) is 3. The SMILES string of the molecule is CC(S)CCS.COc1cc(CC=O)ccc1O. The van der Waals surface area contributed by atoms with Gasteiger partial charge in [-0.25, -0.2) is 0 Å². The molecule has 1 aromatic rings. The quantitative estimate of drug-likeness (QED) is 0.577. The molecule has 0 saturated carbocycles. The monoisotopic (exact) mass is 288 g/mol. The van der Waals surface area contributed by atoms with Crippen LogP contribution < -0.4 is 4.74 Å². The molecule has 0 amide bonds. The van der Waals surface area contributed by atoms with Crippen LogP contribution in [0.1, 0.15) is 18.9 Å². The van der Waals surface area contributed by atoms with Crippen molar-refractivity contribution in [3.63, 3.8) is 0 Å². The van der Waals surface area contributed by atoms with Gasteiger partial charge in [0.05, 0.1) is 7.11 Å². The Kier molecular flexibility index (Phi) is 9.69. The second-order valence-corrected chi connectivity index (χ2v) is 5.07. The lowest BCUT2D eigenvalue weighted by molar-refractivity contribution is -0.107. The minimum absolute atomic E-state index is 0.0900. The van der Waals surface area contributed by atoms with Gasteiger partial charge in [-0.05, 0) is 35.1 Å². The van der Waals surface area contributed by atoms with E-state index in [-0.39, 0.29) is 5.75 Å². The largest absolute Gasteiger partial charge is 0.504 e. The van der Waals surface area contributed by atoms with Crippen LogP contribution in [0, 0.1) is 0 Å². The zero-order chi connectivity index (χ0) is 14.0. The number of hydrogen-bond acceptors (Lipinski definition) is 5. The topological polar surface area (TPSA) is 46.5 Å². The number of aromatic hydroxyl groups is 1. The normalized spacial score (nSPS) is 11.1. The summed E-state index contributed by atoms with van der Waals surface area (Å²) in [4.78, 5) is 10.2. The number of carbonyl (C=O) groups excluding carboxylic acids is 1. The van der Waals surface area contributed by atoms with Crippen LogP contribution in [0.3, 0.4) is 0 Å². The smallest absolute Gasteiger partial charge is 0.160 e. The van der Waals surface area contributed by atoms with Crippen LogP contribution in [0.15, 0.2) is 18.2 Å². The molecule has 1 N–H and O–H groups in total.